The number of halogens is 3. The van der Waals surface area contributed by atoms with Crippen molar-refractivity contribution in [3.63, 3.8) is 0 Å². The summed E-state index contributed by atoms with van der Waals surface area (Å²) in [5.41, 5.74) is 0.400. The van der Waals surface area contributed by atoms with Gasteiger partial charge in [-0.25, -0.2) is 14.8 Å². The van der Waals surface area contributed by atoms with Crippen molar-refractivity contribution in [3.8, 4) is 11.5 Å². The molecule has 3 rings (SSSR count). The summed E-state index contributed by atoms with van der Waals surface area (Å²) in [6.45, 7) is 0.912. The van der Waals surface area contributed by atoms with Gasteiger partial charge in [-0.05, 0) is 19.0 Å². The average Bonchev–Trinajstić information content (AvgIpc) is 3.17. The van der Waals surface area contributed by atoms with Crippen LogP contribution in [0, 0.1) is 0 Å². The maximum atomic E-state index is 12.8. The quantitative estimate of drug-likeness (QED) is 0.780. The largest absolute Gasteiger partial charge is 0.493 e. The van der Waals surface area contributed by atoms with E-state index in [9.17, 15) is 18.0 Å². The van der Waals surface area contributed by atoms with Crippen LogP contribution in [0.1, 0.15) is 6.42 Å². The zero-order chi connectivity index (χ0) is 19.6. The van der Waals surface area contributed by atoms with E-state index in [0.29, 0.717) is 41.9 Å². The highest BCUT2D eigenvalue weighted by Crippen LogP contribution is 2.36. The van der Waals surface area contributed by atoms with Crippen molar-refractivity contribution in [2.24, 2.45) is 0 Å². The van der Waals surface area contributed by atoms with E-state index in [2.05, 4.69) is 15.3 Å². The molecule has 1 aliphatic heterocycles. The molecule has 2 aromatic rings. The number of nitrogens with zero attached hydrogens (tertiary/aromatic N) is 3. The molecular formula is C16H17F3N4O4. The van der Waals surface area contributed by atoms with E-state index in [4.69, 9.17) is 14.3 Å². The van der Waals surface area contributed by atoms with Gasteiger partial charge in [-0.1, -0.05) is 0 Å². The monoisotopic (exact) mass is 386 g/mol. The number of anilines is 1. The van der Waals surface area contributed by atoms with Crippen molar-refractivity contribution in [1.82, 2.24) is 15.3 Å². The summed E-state index contributed by atoms with van der Waals surface area (Å²) in [5, 5.41) is 4.27. The summed E-state index contributed by atoms with van der Waals surface area (Å²) in [6, 6.07) is 2.58. The van der Waals surface area contributed by atoms with E-state index in [1.807, 2.05) is 0 Å². The van der Waals surface area contributed by atoms with Crippen LogP contribution in [0.5, 0.6) is 11.5 Å². The normalized spacial score (nSPS) is 17.0. The van der Waals surface area contributed by atoms with Crippen LogP contribution in [-0.4, -0.2) is 55.5 Å². The SMILES string of the molecule is COc1cc2ncnc(N(OC(=O)C(F)(F)F)C3CCNC3)c2cc1OC. The van der Waals surface area contributed by atoms with E-state index >= 15 is 0 Å². The van der Waals surface area contributed by atoms with Gasteiger partial charge in [0.15, 0.2) is 17.3 Å². The van der Waals surface area contributed by atoms with Crippen LogP contribution >= 0.6 is 0 Å². The minimum Gasteiger partial charge on any atom is -0.493 e. The lowest BCUT2D eigenvalue weighted by Crippen LogP contribution is -2.42. The number of ether oxygens (including phenoxy) is 2. The zero-order valence-electron chi connectivity index (χ0n) is 14.5. The molecule has 0 spiro atoms. The average molecular weight is 386 g/mol. The molecule has 1 N–H and O–H groups in total. The smallest absolute Gasteiger partial charge is 0.493 e. The Morgan fingerprint density at radius 1 is 1.22 bits per heavy atom. The Balaban J connectivity index is 2.10. The van der Waals surface area contributed by atoms with Crippen LogP contribution in [-0.2, 0) is 9.63 Å². The molecule has 0 saturated carbocycles. The number of alkyl halides is 3. The molecule has 8 nitrogen and oxygen atoms in total. The maximum absolute atomic E-state index is 12.8. The molecular weight excluding hydrogens is 369 g/mol. The molecule has 1 unspecified atom stereocenters. The lowest BCUT2D eigenvalue weighted by atomic mass is 10.2. The summed E-state index contributed by atoms with van der Waals surface area (Å²) < 4.78 is 48.7. The summed E-state index contributed by atoms with van der Waals surface area (Å²) >= 11 is 0. The molecule has 1 aromatic carbocycles. The summed E-state index contributed by atoms with van der Waals surface area (Å²) in [7, 11) is 2.88. The third-order valence-electron chi connectivity index (χ3n) is 4.11. The van der Waals surface area contributed by atoms with Gasteiger partial charge >= 0.3 is 12.1 Å². The number of hydrogen-bond acceptors (Lipinski definition) is 8. The molecule has 1 aromatic heterocycles. The van der Waals surface area contributed by atoms with Crippen LogP contribution in [0.25, 0.3) is 10.9 Å². The topological polar surface area (TPSA) is 85.8 Å². The lowest BCUT2D eigenvalue weighted by Gasteiger charge is -2.28. The number of carbonyl (C=O) groups is 1. The fraction of sp³-hybridized carbons (Fsp3) is 0.438. The first kappa shape index (κ1) is 19.0. The Labute approximate surface area is 152 Å². The second-order valence-electron chi connectivity index (χ2n) is 5.77. The van der Waals surface area contributed by atoms with Gasteiger partial charge in [0.05, 0.1) is 25.8 Å². The molecule has 27 heavy (non-hydrogen) atoms. The molecule has 146 valence electrons. The minimum absolute atomic E-state index is 0.0345. The van der Waals surface area contributed by atoms with Crippen molar-refractivity contribution < 1.29 is 32.3 Å². The van der Waals surface area contributed by atoms with Crippen LogP contribution < -0.4 is 19.9 Å². The fourth-order valence-electron chi connectivity index (χ4n) is 2.82. The predicted molar refractivity (Wildman–Crippen MR) is 88.5 cm³/mol. The summed E-state index contributed by atoms with van der Waals surface area (Å²) in [6.07, 6.45) is -3.47. The number of nitrogens with one attached hydrogen (secondary N) is 1. The van der Waals surface area contributed by atoms with Crippen molar-refractivity contribution in [2.45, 2.75) is 18.6 Å². The summed E-state index contributed by atoms with van der Waals surface area (Å²) in [4.78, 5) is 24.3. The first-order chi connectivity index (χ1) is 12.8. The number of rotatable bonds is 5. The molecule has 2 heterocycles. The third kappa shape index (κ3) is 3.82. The van der Waals surface area contributed by atoms with Gasteiger partial charge in [0, 0.05) is 18.0 Å². The Kier molecular flexibility index (Phi) is 5.22. The number of hydroxylamine groups is 1. The highest BCUT2D eigenvalue weighted by molar-refractivity contribution is 5.92. The Hall–Kier alpha value is -2.82. The van der Waals surface area contributed by atoms with Gasteiger partial charge in [0.25, 0.3) is 0 Å². The Bertz CT molecular complexity index is 840. The van der Waals surface area contributed by atoms with Crippen molar-refractivity contribution >= 4 is 22.7 Å². The Morgan fingerprint density at radius 3 is 2.52 bits per heavy atom. The second-order valence-corrected chi connectivity index (χ2v) is 5.77. The molecule has 0 radical (unpaired) electrons. The number of carbonyl (C=O) groups excluding carboxylic acids is 1. The molecule has 1 fully saturated rings. The van der Waals surface area contributed by atoms with Crippen molar-refractivity contribution in [1.29, 1.82) is 0 Å². The van der Waals surface area contributed by atoms with Gasteiger partial charge in [0.2, 0.25) is 0 Å². The maximum Gasteiger partial charge on any atom is 0.493 e. The van der Waals surface area contributed by atoms with Crippen LogP contribution in [0.3, 0.4) is 0 Å². The number of fused-ring (bicyclic) bond motifs is 1. The summed E-state index contributed by atoms with van der Waals surface area (Å²) in [5.74, 6) is -1.54. The van der Waals surface area contributed by atoms with Gasteiger partial charge in [-0.15, -0.1) is 0 Å². The molecule has 0 bridgehead atoms. The van der Waals surface area contributed by atoms with E-state index < -0.39 is 18.2 Å². The molecule has 1 atom stereocenters. The second kappa shape index (κ2) is 7.43. The van der Waals surface area contributed by atoms with Gasteiger partial charge in [0.1, 0.15) is 6.33 Å². The van der Waals surface area contributed by atoms with E-state index in [1.54, 1.807) is 6.07 Å². The third-order valence-corrected chi connectivity index (χ3v) is 4.11. The number of benzene rings is 1. The van der Waals surface area contributed by atoms with Gasteiger partial charge < -0.3 is 19.6 Å². The highest BCUT2D eigenvalue weighted by atomic mass is 19.4. The van der Waals surface area contributed by atoms with Gasteiger partial charge in [-0.3, -0.25) is 0 Å². The predicted octanol–water partition coefficient (Wildman–Crippen LogP) is 1.84. The number of methoxy groups -OCH3 is 2. The van der Waals surface area contributed by atoms with Crippen molar-refractivity contribution in [3.05, 3.63) is 18.5 Å². The lowest BCUT2D eigenvalue weighted by molar-refractivity contribution is -0.202. The zero-order valence-corrected chi connectivity index (χ0v) is 14.5. The molecule has 11 heteroatoms. The minimum atomic E-state index is -5.13. The van der Waals surface area contributed by atoms with E-state index in [-0.39, 0.29) is 5.82 Å². The fourth-order valence-corrected chi connectivity index (χ4v) is 2.82. The highest BCUT2D eigenvalue weighted by Gasteiger charge is 2.44. The molecule has 1 aliphatic rings. The number of aromatic nitrogens is 2. The van der Waals surface area contributed by atoms with E-state index in [1.165, 1.54) is 26.6 Å². The standard InChI is InChI=1S/C16H17F3N4O4/c1-25-12-5-10-11(6-13(12)26-2)21-8-22-14(10)23(9-3-4-20-7-9)27-15(24)16(17,18)19/h5-6,8-9,20H,3-4,7H2,1-2H3. The van der Waals surface area contributed by atoms with E-state index in [0.717, 1.165) is 5.06 Å². The van der Waals surface area contributed by atoms with Crippen LogP contribution in [0.2, 0.25) is 0 Å². The molecule has 0 aliphatic carbocycles. The van der Waals surface area contributed by atoms with Gasteiger partial charge in [-0.2, -0.15) is 18.2 Å². The first-order valence-electron chi connectivity index (χ1n) is 8.01. The first-order valence-corrected chi connectivity index (χ1v) is 8.01. The number of hydrogen-bond donors (Lipinski definition) is 1. The van der Waals surface area contributed by atoms with Crippen molar-refractivity contribution in [2.75, 3.05) is 32.4 Å². The van der Waals surface area contributed by atoms with Crippen LogP contribution in [0.15, 0.2) is 18.5 Å². The van der Waals surface area contributed by atoms with Crippen LogP contribution in [0.4, 0.5) is 19.0 Å². The Morgan fingerprint density at radius 2 is 1.93 bits per heavy atom. The molecule has 1 saturated heterocycles. The molecule has 0 amide bonds.